The smallest absolute Gasteiger partial charge is 0.104 e. The van der Waals surface area contributed by atoms with Crippen molar-refractivity contribution >= 4 is 11.6 Å². The van der Waals surface area contributed by atoms with Crippen LogP contribution in [0.2, 0.25) is 5.02 Å². The number of benzene rings is 1. The summed E-state index contributed by atoms with van der Waals surface area (Å²) in [5.74, 6) is 0. The summed E-state index contributed by atoms with van der Waals surface area (Å²) in [7, 11) is 2.29. The molecule has 0 aliphatic heterocycles. The Hall–Kier alpha value is -0.530. The third kappa shape index (κ3) is 3.00. The molecule has 0 aromatic heterocycles. The van der Waals surface area contributed by atoms with E-state index in [1.165, 1.54) is 18.7 Å². The summed E-state index contributed by atoms with van der Waals surface area (Å²) in [5.41, 5.74) is 1.36. The van der Waals surface area contributed by atoms with E-state index in [0.29, 0.717) is 0 Å². The number of hydrogen-bond donors (Lipinski definition) is 0. The first-order valence-corrected chi connectivity index (χ1v) is 5.55. The van der Waals surface area contributed by atoms with Crippen LogP contribution >= 0.6 is 11.6 Å². The average Bonchev–Trinajstić information content (AvgIpc) is 2.21. The van der Waals surface area contributed by atoms with E-state index in [0.717, 1.165) is 16.1 Å². The molecular formula is C12H19ClN+. The van der Waals surface area contributed by atoms with Gasteiger partial charge in [-0.15, -0.1) is 0 Å². The van der Waals surface area contributed by atoms with Crippen molar-refractivity contribution in [1.29, 1.82) is 0 Å². The van der Waals surface area contributed by atoms with Gasteiger partial charge in [-0.2, -0.15) is 0 Å². The maximum atomic E-state index is 5.85. The van der Waals surface area contributed by atoms with Crippen molar-refractivity contribution in [3.05, 3.63) is 34.9 Å². The van der Waals surface area contributed by atoms with Gasteiger partial charge < -0.3 is 4.48 Å². The van der Waals surface area contributed by atoms with Crippen LogP contribution in [-0.4, -0.2) is 24.6 Å². The van der Waals surface area contributed by atoms with Crippen molar-refractivity contribution in [3.63, 3.8) is 0 Å². The highest BCUT2D eigenvalue weighted by Gasteiger charge is 2.16. The van der Waals surface area contributed by atoms with Crippen molar-refractivity contribution in [2.75, 3.05) is 20.1 Å². The topological polar surface area (TPSA) is 0 Å². The Morgan fingerprint density at radius 2 is 1.57 bits per heavy atom. The Labute approximate surface area is 91.9 Å². The van der Waals surface area contributed by atoms with Crippen LogP contribution in [0.15, 0.2) is 24.3 Å². The van der Waals surface area contributed by atoms with Gasteiger partial charge in [0.2, 0.25) is 0 Å². The first kappa shape index (κ1) is 11.5. The SMILES string of the molecule is CC[N+](C)(CC)Cc1ccc(Cl)cc1. The van der Waals surface area contributed by atoms with E-state index in [4.69, 9.17) is 11.6 Å². The summed E-state index contributed by atoms with van der Waals surface area (Å²) in [5, 5.41) is 0.816. The van der Waals surface area contributed by atoms with E-state index in [-0.39, 0.29) is 0 Å². The van der Waals surface area contributed by atoms with E-state index in [2.05, 4.69) is 33.0 Å². The molecule has 0 N–H and O–H groups in total. The molecule has 0 saturated heterocycles. The maximum absolute atomic E-state index is 5.85. The molecule has 0 spiro atoms. The molecule has 0 aliphatic rings. The summed E-state index contributed by atoms with van der Waals surface area (Å²) in [4.78, 5) is 0. The van der Waals surface area contributed by atoms with Gasteiger partial charge >= 0.3 is 0 Å². The van der Waals surface area contributed by atoms with E-state index >= 15 is 0 Å². The fourth-order valence-corrected chi connectivity index (χ4v) is 1.60. The molecule has 2 heteroatoms. The molecular weight excluding hydrogens is 194 g/mol. The Kier molecular flexibility index (Phi) is 3.97. The van der Waals surface area contributed by atoms with Gasteiger partial charge in [0.25, 0.3) is 0 Å². The summed E-state index contributed by atoms with van der Waals surface area (Å²) in [6.45, 7) is 7.89. The van der Waals surface area contributed by atoms with Crippen LogP contribution in [0.4, 0.5) is 0 Å². The third-order valence-electron chi connectivity index (χ3n) is 3.00. The fraction of sp³-hybridized carbons (Fsp3) is 0.500. The van der Waals surface area contributed by atoms with Crippen molar-refractivity contribution in [1.82, 2.24) is 0 Å². The molecule has 78 valence electrons. The van der Waals surface area contributed by atoms with Gasteiger partial charge in [0.05, 0.1) is 20.1 Å². The minimum Gasteiger partial charge on any atom is -0.323 e. The predicted molar refractivity (Wildman–Crippen MR) is 62.4 cm³/mol. The molecule has 0 saturated carbocycles. The summed E-state index contributed by atoms with van der Waals surface area (Å²) in [6, 6.07) is 8.16. The standard InChI is InChI=1S/C12H19ClN/c1-4-14(3,5-2)10-11-6-8-12(13)9-7-11/h6-9H,4-5,10H2,1-3H3/q+1. The zero-order valence-corrected chi connectivity index (χ0v) is 10.0. The molecule has 0 heterocycles. The van der Waals surface area contributed by atoms with E-state index in [1.807, 2.05) is 12.1 Å². The van der Waals surface area contributed by atoms with E-state index in [9.17, 15) is 0 Å². The number of nitrogens with zero attached hydrogens (tertiary/aromatic N) is 1. The zero-order valence-electron chi connectivity index (χ0n) is 9.26. The molecule has 0 unspecified atom stereocenters. The fourth-order valence-electron chi connectivity index (χ4n) is 1.48. The number of halogens is 1. The third-order valence-corrected chi connectivity index (χ3v) is 3.26. The molecule has 0 fully saturated rings. The Balaban J connectivity index is 2.72. The first-order chi connectivity index (χ1) is 6.59. The second-order valence-corrected chi connectivity index (χ2v) is 4.47. The lowest BCUT2D eigenvalue weighted by Gasteiger charge is -2.32. The Morgan fingerprint density at radius 3 is 2.00 bits per heavy atom. The Morgan fingerprint density at radius 1 is 1.07 bits per heavy atom. The quantitative estimate of drug-likeness (QED) is 0.672. The lowest BCUT2D eigenvalue weighted by molar-refractivity contribution is -0.919. The van der Waals surface area contributed by atoms with Crippen LogP contribution < -0.4 is 0 Å². The minimum absolute atomic E-state index is 0.816. The summed E-state index contributed by atoms with van der Waals surface area (Å²) in [6.07, 6.45) is 0. The van der Waals surface area contributed by atoms with E-state index in [1.54, 1.807) is 0 Å². The lowest BCUT2D eigenvalue weighted by Crippen LogP contribution is -2.42. The van der Waals surface area contributed by atoms with Crippen LogP contribution in [0.3, 0.4) is 0 Å². The molecule has 1 nitrogen and oxygen atoms in total. The van der Waals surface area contributed by atoms with Crippen LogP contribution in [0, 0.1) is 0 Å². The second-order valence-electron chi connectivity index (χ2n) is 4.04. The van der Waals surface area contributed by atoms with Crippen LogP contribution in [-0.2, 0) is 6.54 Å². The minimum atomic E-state index is 0.816. The van der Waals surface area contributed by atoms with Crippen molar-refractivity contribution < 1.29 is 4.48 Å². The lowest BCUT2D eigenvalue weighted by atomic mass is 10.2. The second kappa shape index (κ2) is 4.81. The molecule has 0 bridgehead atoms. The molecule has 14 heavy (non-hydrogen) atoms. The van der Waals surface area contributed by atoms with E-state index < -0.39 is 0 Å². The zero-order chi connectivity index (χ0) is 10.6. The van der Waals surface area contributed by atoms with Gasteiger partial charge in [0.1, 0.15) is 6.54 Å². The molecule has 0 radical (unpaired) electrons. The van der Waals surface area contributed by atoms with Crippen molar-refractivity contribution in [3.8, 4) is 0 Å². The monoisotopic (exact) mass is 212 g/mol. The van der Waals surface area contributed by atoms with Crippen LogP contribution in [0.1, 0.15) is 19.4 Å². The highest BCUT2D eigenvalue weighted by Crippen LogP contribution is 2.14. The summed E-state index contributed by atoms with van der Waals surface area (Å²) < 4.78 is 1.08. The van der Waals surface area contributed by atoms with Gasteiger partial charge in [0, 0.05) is 10.6 Å². The average molecular weight is 213 g/mol. The maximum Gasteiger partial charge on any atom is 0.104 e. The van der Waals surface area contributed by atoms with Gasteiger partial charge in [-0.1, -0.05) is 23.7 Å². The molecule has 1 aromatic rings. The highest BCUT2D eigenvalue weighted by molar-refractivity contribution is 6.30. The molecule has 1 rings (SSSR count). The van der Waals surface area contributed by atoms with Gasteiger partial charge in [0.15, 0.2) is 0 Å². The molecule has 0 aliphatic carbocycles. The number of quaternary nitrogens is 1. The highest BCUT2D eigenvalue weighted by atomic mass is 35.5. The molecule has 1 aromatic carbocycles. The van der Waals surface area contributed by atoms with Crippen molar-refractivity contribution in [2.24, 2.45) is 0 Å². The summed E-state index contributed by atoms with van der Waals surface area (Å²) >= 11 is 5.85. The van der Waals surface area contributed by atoms with Crippen LogP contribution in [0.25, 0.3) is 0 Å². The number of hydrogen-bond acceptors (Lipinski definition) is 0. The Bertz CT molecular complexity index is 275. The number of rotatable bonds is 4. The van der Waals surface area contributed by atoms with Crippen molar-refractivity contribution in [2.45, 2.75) is 20.4 Å². The van der Waals surface area contributed by atoms with Gasteiger partial charge in [-0.3, -0.25) is 0 Å². The predicted octanol–water partition coefficient (Wildman–Crippen LogP) is 3.33. The molecule has 0 atom stereocenters. The largest absolute Gasteiger partial charge is 0.323 e. The molecule has 0 amide bonds. The van der Waals surface area contributed by atoms with Gasteiger partial charge in [-0.05, 0) is 26.0 Å². The first-order valence-electron chi connectivity index (χ1n) is 5.17. The van der Waals surface area contributed by atoms with Gasteiger partial charge in [-0.25, -0.2) is 0 Å². The van der Waals surface area contributed by atoms with Crippen LogP contribution in [0.5, 0.6) is 0 Å². The normalized spacial score (nSPS) is 11.7.